The Morgan fingerprint density at radius 1 is 1.05 bits per heavy atom. The fraction of sp³-hybridized carbons (Fsp3) is 0.278. The molecule has 0 unspecified atom stereocenters. The van der Waals surface area contributed by atoms with Gasteiger partial charge in [-0.05, 0) is 36.1 Å². The molecule has 108 valence electrons. The zero-order valence-electron chi connectivity index (χ0n) is 11.8. The summed E-state index contributed by atoms with van der Waals surface area (Å²) in [4.78, 5) is 12.1. The predicted octanol–water partition coefficient (Wildman–Crippen LogP) is 3.73. The standard InChI is InChI=1S/C18H18ClNO/c19-16-8-6-14(7-9-16)12-17(21)20-13-18(10-11-18)15-4-2-1-3-5-15/h1-9H,10-13H2,(H,20,21). The summed E-state index contributed by atoms with van der Waals surface area (Å²) >= 11 is 5.84. The van der Waals surface area contributed by atoms with Crippen LogP contribution in [-0.4, -0.2) is 12.5 Å². The third-order valence-corrected chi connectivity index (χ3v) is 4.39. The van der Waals surface area contributed by atoms with Crippen LogP contribution in [0.5, 0.6) is 0 Å². The highest BCUT2D eigenvalue weighted by Crippen LogP contribution is 2.47. The van der Waals surface area contributed by atoms with Crippen molar-refractivity contribution in [2.75, 3.05) is 6.54 Å². The van der Waals surface area contributed by atoms with Crippen LogP contribution < -0.4 is 5.32 Å². The van der Waals surface area contributed by atoms with E-state index in [1.165, 1.54) is 5.56 Å². The molecule has 3 heteroatoms. The fourth-order valence-electron chi connectivity index (χ4n) is 2.63. The highest BCUT2D eigenvalue weighted by molar-refractivity contribution is 6.30. The first-order valence-electron chi connectivity index (χ1n) is 7.25. The van der Waals surface area contributed by atoms with Gasteiger partial charge in [-0.25, -0.2) is 0 Å². The van der Waals surface area contributed by atoms with E-state index in [4.69, 9.17) is 11.6 Å². The van der Waals surface area contributed by atoms with Gasteiger partial charge < -0.3 is 5.32 Å². The SMILES string of the molecule is O=C(Cc1ccc(Cl)cc1)NCC1(c2ccccc2)CC1. The maximum absolute atomic E-state index is 12.1. The summed E-state index contributed by atoms with van der Waals surface area (Å²) < 4.78 is 0. The van der Waals surface area contributed by atoms with E-state index in [1.807, 2.05) is 30.3 Å². The van der Waals surface area contributed by atoms with Gasteiger partial charge in [-0.2, -0.15) is 0 Å². The Labute approximate surface area is 130 Å². The molecule has 0 radical (unpaired) electrons. The molecule has 0 saturated heterocycles. The summed E-state index contributed by atoms with van der Waals surface area (Å²) in [6.07, 6.45) is 2.71. The summed E-state index contributed by atoms with van der Waals surface area (Å²) in [6, 6.07) is 17.9. The summed E-state index contributed by atoms with van der Waals surface area (Å²) in [6.45, 7) is 0.726. The molecule has 1 amide bonds. The third-order valence-electron chi connectivity index (χ3n) is 4.14. The molecular weight excluding hydrogens is 282 g/mol. The third kappa shape index (κ3) is 3.45. The van der Waals surface area contributed by atoms with Gasteiger partial charge in [0.2, 0.25) is 5.91 Å². The minimum atomic E-state index is 0.0690. The quantitative estimate of drug-likeness (QED) is 0.895. The monoisotopic (exact) mass is 299 g/mol. The Hall–Kier alpha value is -1.80. The van der Waals surface area contributed by atoms with Gasteiger partial charge in [0, 0.05) is 17.0 Å². The van der Waals surface area contributed by atoms with Crippen molar-refractivity contribution in [1.82, 2.24) is 5.32 Å². The molecule has 0 atom stereocenters. The Morgan fingerprint density at radius 3 is 2.33 bits per heavy atom. The molecule has 0 bridgehead atoms. The van der Waals surface area contributed by atoms with Crippen LogP contribution in [0.4, 0.5) is 0 Å². The van der Waals surface area contributed by atoms with Gasteiger partial charge in [0.05, 0.1) is 6.42 Å². The van der Waals surface area contributed by atoms with E-state index in [2.05, 4.69) is 29.6 Å². The fourth-order valence-corrected chi connectivity index (χ4v) is 2.75. The zero-order chi connectivity index (χ0) is 14.7. The van der Waals surface area contributed by atoms with Gasteiger partial charge in [-0.3, -0.25) is 4.79 Å². The number of nitrogens with one attached hydrogen (secondary N) is 1. The molecule has 0 spiro atoms. The number of carbonyl (C=O) groups excluding carboxylic acids is 1. The number of benzene rings is 2. The minimum absolute atomic E-state index is 0.0690. The number of hydrogen-bond acceptors (Lipinski definition) is 1. The predicted molar refractivity (Wildman–Crippen MR) is 85.5 cm³/mol. The van der Waals surface area contributed by atoms with E-state index >= 15 is 0 Å². The van der Waals surface area contributed by atoms with Crippen molar-refractivity contribution < 1.29 is 4.79 Å². The number of carbonyl (C=O) groups is 1. The largest absolute Gasteiger partial charge is 0.355 e. The Balaban J connectivity index is 1.56. The smallest absolute Gasteiger partial charge is 0.224 e. The van der Waals surface area contributed by atoms with E-state index in [9.17, 15) is 4.79 Å². The van der Waals surface area contributed by atoms with E-state index in [0.29, 0.717) is 11.4 Å². The molecule has 1 aliphatic rings. The number of amides is 1. The highest BCUT2D eigenvalue weighted by Gasteiger charge is 2.44. The van der Waals surface area contributed by atoms with Crippen molar-refractivity contribution in [3.05, 3.63) is 70.7 Å². The summed E-state index contributed by atoms with van der Waals surface area (Å²) in [5, 5.41) is 3.77. The van der Waals surface area contributed by atoms with Crippen LogP contribution in [0.15, 0.2) is 54.6 Å². The normalized spacial score (nSPS) is 15.5. The van der Waals surface area contributed by atoms with Crippen LogP contribution in [0.3, 0.4) is 0 Å². The van der Waals surface area contributed by atoms with Crippen LogP contribution in [0, 0.1) is 0 Å². The van der Waals surface area contributed by atoms with Crippen molar-refractivity contribution >= 4 is 17.5 Å². The second-order valence-corrected chi connectivity index (χ2v) is 6.16. The van der Waals surface area contributed by atoms with Crippen LogP contribution in [0.25, 0.3) is 0 Å². The average Bonchev–Trinajstić information content (AvgIpc) is 3.30. The molecule has 1 N–H and O–H groups in total. The maximum atomic E-state index is 12.1. The molecule has 1 aliphatic carbocycles. The van der Waals surface area contributed by atoms with E-state index < -0.39 is 0 Å². The van der Waals surface area contributed by atoms with E-state index in [-0.39, 0.29) is 11.3 Å². The second-order valence-electron chi connectivity index (χ2n) is 5.73. The van der Waals surface area contributed by atoms with Gasteiger partial charge in [-0.1, -0.05) is 54.1 Å². The van der Waals surface area contributed by atoms with Gasteiger partial charge in [0.1, 0.15) is 0 Å². The number of rotatable bonds is 5. The summed E-state index contributed by atoms with van der Waals surface area (Å²) in [7, 11) is 0. The van der Waals surface area contributed by atoms with Gasteiger partial charge in [-0.15, -0.1) is 0 Å². The van der Waals surface area contributed by atoms with Crippen LogP contribution in [0.2, 0.25) is 5.02 Å². The second kappa shape index (κ2) is 5.90. The van der Waals surface area contributed by atoms with Crippen LogP contribution in [-0.2, 0) is 16.6 Å². The van der Waals surface area contributed by atoms with E-state index in [0.717, 1.165) is 24.9 Å². The molecule has 2 aromatic carbocycles. The molecule has 1 fully saturated rings. The first-order chi connectivity index (χ1) is 10.2. The van der Waals surface area contributed by atoms with E-state index in [1.54, 1.807) is 0 Å². The van der Waals surface area contributed by atoms with Gasteiger partial charge in [0.15, 0.2) is 0 Å². The molecular formula is C18H18ClNO. The summed E-state index contributed by atoms with van der Waals surface area (Å²) in [5.41, 5.74) is 2.48. The molecule has 2 nitrogen and oxygen atoms in total. The highest BCUT2D eigenvalue weighted by atomic mass is 35.5. The molecule has 21 heavy (non-hydrogen) atoms. The summed E-state index contributed by atoms with van der Waals surface area (Å²) in [5.74, 6) is 0.0690. The van der Waals surface area contributed by atoms with Crippen LogP contribution in [0.1, 0.15) is 24.0 Å². The van der Waals surface area contributed by atoms with Gasteiger partial charge in [0.25, 0.3) is 0 Å². The number of hydrogen-bond donors (Lipinski definition) is 1. The lowest BCUT2D eigenvalue weighted by Gasteiger charge is -2.16. The minimum Gasteiger partial charge on any atom is -0.355 e. The topological polar surface area (TPSA) is 29.1 Å². The average molecular weight is 300 g/mol. The Kier molecular flexibility index (Phi) is 3.98. The lowest BCUT2D eigenvalue weighted by atomic mass is 9.96. The van der Waals surface area contributed by atoms with Crippen molar-refractivity contribution in [1.29, 1.82) is 0 Å². The van der Waals surface area contributed by atoms with Crippen molar-refractivity contribution in [2.24, 2.45) is 0 Å². The molecule has 0 aromatic heterocycles. The Morgan fingerprint density at radius 2 is 1.71 bits per heavy atom. The maximum Gasteiger partial charge on any atom is 0.224 e. The first kappa shape index (κ1) is 14.2. The number of halogens is 1. The Bertz CT molecular complexity index is 617. The molecule has 0 heterocycles. The lowest BCUT2D eigenvalue weighted by Crippen LogP contribution is -2.33. The molecule has 0 aliphatic heterocycles. The van der Waals surface area contributed by atoms with Gasteiger partial charge >= 0.3 is 0 Å². The van der Waals surface area contributed by atoms with Crippen molar-refractivity contribution in [3.63, 3.8) is 0 Å². The van der Waals surface area contributed by atoms with Crippen LogP contribution >= 0.6 is 11.6 Å². The molecule has 2 aromatic rings. The lowest BCUT2D eigenvalue weighted by molar-refractivity contribution is -0.120. The zero-order valence-corrected chi connectivity index (χ0v) is 12.6. The van der Waals surface area contributed by atoms with Crippen molar-refractivity contribution in [2.45, 2.75) is 24.7 Å². The first-order valence-corrected chi connectivity index (χ1v) is 7.62. The molecule has 1 saturated carbocycles. The molecule has 3 rings (SSSR count). The van der Waals surface area contributed by atoms with Crippen molar-refractivity contribution in [3.8, 4) is 0 Å².